The lowest BCUT2D eigenvalue weighted by molar-refractivity contribution is -0.131. The minimum atomic E-state index is -0.774. The van der Waals surface area contributed by atoms with E-state index in [1.165, 1.54) is 11.3 Å². The summed E-state index contributed by atoms with van der Waals surface area (Å²) in [5, 5.41) is 12.8. The first kappa shape index (κ1) is 15.2. The summed E-state index contributed by atoms with van der Waals surface area (Å²) in [6.07, 6.45) is 1.66. The molecule has 1 atom stereocenters. The molecule has 1 aliphatic rings. The van der Waals surface area contributed by atoms with Crippen LogP contribution in [-0.4, -0.2) is 65.1 Å². The number of likely N-dealkylation sites (tertiary alicyclic amines) is 1. The second kappa shape index (κ2) is 6.07. The topological polar surface area (TPSA) is 82.7 Å². The third-order valence-electron chi connectivity index (χ3n) is 3.46. The van der Waals surface area contributed by atoms with E-state index in [2.05, 4.69) is 4.98 Å². The second-order valence-electron chi connectivity index (χ2n) is 5.70. The van der Waals surface area contributed by atoms with Gasteiger partial charge in [0, 0.05) is 24.9 Å². The molecule has 1 aromatic heterocycles. The van der Waals surface area contributed by atoms with Gasteiger partial charge in [-0.1, -0.05) is 0 Å². The minimum absolute atomic E-state index is 0.0752. The second-order valence-corrected chi connectivity index (χ2v) is 6.59. The molecule has 20 heavy (non-hydrogen) atoms. The van der Waals surface area contributed by atoms with Crippen molar-refractivity contribution in [1.82, 2.24) is 14.8 Å². The van der Waals surface area contributed by atoms with Crippen LogP contribution < -0.4 is 5.73 Å². The van der Waals surface area contributed by atoms with Gasteiger partial charge in [0.15, 0.2) is 5.13 Å². The lowest BCUT2D eigenvalue weighted by atomic mass is 10.0. The van der Waals surface area contributed by atoms with Crippen LogP contribution in [0.2, 0.25) is 0 Å². The number of hydrogen-bond acceptors (Lipinski definition) is 6. The Morgan fingerprint density at radius 1 is 1.65 bits per heavy atom. The van der Waals surface area contributed by atoms with Gasteiger partial charge < -0.3 is 20.6 Å². The third-order valence-corrected chi connectivity index (χ3v) is 4.18. The summed E-state index contributed by atoms with van der Waals surface area (Å²) in [6, 6.07) is 0. The smallest absolute Gasteiger partial charge is 0.223 e. The first-order valence-electron chi connectivity index (χ1n) is 6.73. The number of nitrogens with two attached hydrogens (primary N) is 1. The first-order chi connectivity index (χ1) is 9.38. The number of nitrogens with zero attached hydrogens (tertiary/aromatic N) is 3. The van der Waals surface area contributed by atoms with Crippen molar-refractivity contribution in [2.45, 2.75) is 24.9 Å². The summed E-state index contributed by atoms with van der Waals surface area (Å²) >= 11 is 1.39. The van der Waals surface area contributed by atoms with Gasteiger partial charge in [0.05, 0.1) is 17.8 Å². The fourth-order valence-corrected chi connectivity index (χ4v) is 3.21. The van der Waals surface area contributed by atoms with E-state index in [1.807, 2.05) is 24.4 Å². The maximum atomic E-state index is 12.1. The molecular weight excluding hydrogens is 276 g/mol. The van der Waals surface area contributed by atoms with Gasteiger partial charge in [0.25, 0.3) is 0 Å². The highest BCUT2D eigenvalue weighted by atomic mass is 32.1. The van der Waals surface area contributed by atoms with Crippen LogP contribution in [-0.2, 0) is 11.2 Å². The quantitative estimate of drug-likeness (QED) is 0.810. The number of anilines is 1. The van der Waals surface area contributed by atoms with Crippen LogP contribution >= 0.6 is 11.3 Å². The number of aliphatic hydroxyl groups is 1. The standard InChI is InChI=1S/C13H22N4O2S/c1-16(2)8-13(19)5-6-17(9-13)11(18)4-3-10-7-20-12(14)15-10/h7,19H,3-6,8-9H2,1-2H3,(H2,14,15)/t13-/m0/s1. The number of aromatic nitrogens is 1. The Labute approximate surface area is 123 Å². The molecule has 2 heterocycles. The lowest BCUT2D eigenvalue weighted by Gasteiger charge is -2.26. The molecule has 3 N–H and O–H groups in total. The largest absolute Gasteiger partial charge is 0.387 e. The van der Waals surface area contributed by atoms with Crippen molar-refractivity contribution in [2.24, 2.45) is 0 Å². The Morgan fingerprint density at radius 3 is 3.00 bits per heavy atom. The highest BCUT2D eigenvalue weighted by molar-refractivity contribution is 7.13. The summed E-state index contributed by atoms with van der Waals surface area (Å²) in [5.41, 5.74) is 5.65. The SMILES string of the molecule is CN(C)C[C@@]1(O)CCN(C(=O)CCc2csc(N)n2)C1. The zero-order chi connectivity index (χ0) is 14.8. The minimum Gasteiger partial charge on any atom is -0.387 e. The van der Waals surface area contributed by atoms with E-state index in [9.17, 15) is 9.90 Å². The number of aryl methyl sites for hydroxylation is 1. The van der Waals surface area contributed by atoms with Crippen molar-refractivity contribution in [2.75, 3.05) is 39.5 Å². The number of carbonyl (C=O) groups excluding carboxylic acids is 1. The van der Waals surface area contributed by atoms with Gasteiger partial charge >= 0.3 is 0 Å². The van der Waals surface area contributed by atoms with Gasteiger partial charge in [0.2, 0.25) is 5.91 Å². The Kier molecular flexibility index (Phi) is 4.62. The van der Waals surface area contributed by atoms with Gasteiger partial charge in [-0.25, -0.2) is 4.98 Å². The van der Waals surface area contributed by atoms with Crippen molar-refractivity contribution in [3.63, 3.8) is 0 Å². The van der Waals surface area contributed by atoms with Crippen LogP contribution in [0.5, 0.6) is 0 Å². The molecule has 0 radical (unpaired) electrons. The third kappa shape index (κ3) is 3.91. The summed E-state index contributed by atoms with van der Waals surface area (Å²) < 4.78 is 0. The Morgan fingerprint density at radius 2 is 2.40 bits per heavy atom. The summed E-state index contributed by atoms with van der Waals surface area (Å²) in [4.78, 5) is 20.0. The molecule has 1 aliphatic heterocycles. The van der Waals surface area contributed by atoms with Gasteiger partial charge in [-0.2, -0.15) is 0 Å². The van der Waals surface area contributed by atoms with Crippen molar-refractivity contribution >= 4 is 22.4 Å². The van der Waals surface area contributed by atoms with E-state index in [0.29, 0.717) is 44.0 Å². The van der Waals surface area contributed by atoms with E-state index in [1.54, 1.807) is 4.90 Å². The summed E-state index contributed by atoms with van der Waals surface area (Å²) in [5.74, 6) is 0.0752. The van der Waals surface area contributed by atoms with Crippen LogP contribution in [0.3, 0.4) is 0 Å². The molecule has 1 aromatic rings. The predicted octanol–water partition coefficient (Wildman–Crippen LogP) is 0.183. The van der Waals surface area contributed by atoms with Crippen LogP contribution in [0.4, 0.5) is 5.13 Å². The van der Waals surface area contributed by atoms with Crippen molar-refractivity contribution in [3.05, 3.63) is 11.1 Å². The number of hydrogen-bond donors (Lipinski definition) is 2. The molecular formula is C13H22N4O2S. The molecule has 1 fully saturated rings. The highest BCUT2D eigenvalue weighted by Gasteiger charge is 2.38. The molecule has 1 saturated heterocycles. The average Bonchev–Trinajstić information content (AvgIpc) is 2.92. The Balaban J connectivity index is 1.82. The van der Waals surface area contributed by atoms with E-state index < -0.39 is 5.60 Å². The van der Waals surface area contributed by atoms with Crippen LogP contribution in [0.25, 0.3) is 0 Å². The number of nitrogen functional groups attached to an aromatic ring is 1. The maximum absolute atomic E-state index is 12.1. The Hall–Kier alpha value is -1.18. The number of likely N-dealkylation sites (N-methyl/N-ethyl adjacent to an activating group) is 1. The van der Waals surface area contributed by atoms with E-state index >= 15 is 0 Å². The molecule has 0 aliphatic carbocycles. The predicted molar refractivity (Wildman–Crippen MR) is 79.5 cm³/mol. The molecule has 7 heteroatoms. The first-order valence-corrected chi connectivity index (χ1v) is 7.61. The number of rotatable bonds is 5. The van der Waals surface area contributed by atoms with Gasteiger partial charge in [-0.3, -0.25) is 4.79 Å². The fourth-order valence-electron chi connectivity index (χ4n) is 2.62. The fraction of sp³-hybridized carbons (Fsp3) is 0.692. The molecule has 2 rings (SSSR count). The highest BCUT2D eigenvalue weighted by Crippen LogP contribution is 2.23. The van der Waals surface area contributed by atoms with E-state index in [0.717, 1.165) is 5.69 Å². The molecule has 0 bridgehead atoms. The molecule has 0 saturated carbocycles. The molecule has 0 aromatic carbocycles. The number of β-amino-alcohol motifs (C(OH)–C–C–N with tert-alkyl or cyclic N) is 1. The lowest BCUT2D eigenvalue weighted by Crippen LogP contribution is -2.43. The average molecular weight is 298 g/mol. The van der Waals surface area contributed by atoms with E-state index in [-0.39, 0.29) is 5.91 Å². The molecule has 1 amide bonds. The molecule has 0 unspecified atom stereocenters. The molecule has 6 nitrogen and oxygen atoms in total. The monoisotopic (exact) mass is 298 g/mol. The van der Waals surface area contributed by atoms with Crippen molar-refractivity contribution in [1.29, 1.82) is 0 Å². The summed E-state index contributed by atoms with van der Waals surface area (Å²) in [7, 11) is 3.85. The maximum Gasteiger partial charge on any atom is 0.223 e. The zero-order valence-corrected chi connectivity index (χ0v) is 12.8. The van der Waals surface area contributed by atoms with Crippen molar-refractivity contribution in [3.8, 4) is 0 Å². The van der Waals surface area contributed by atoms with Crippen LogP contribution in [0.1, 0.15) is 18.5 Å². The number of amides is 1. The summed E-state index contributed by atoms with van der Waals surface area (Å²) in [6.45, 7) is 1.63. The van der Waals surface area contributed by atoms with Crippen LogP contribution in [0.15, 0.2) is 5.38 Å². The molecule has 0 spiro atoms. The Bertz CT molecular complexity index is 477. The van der Waals surface area contributed by atoms with Gasteiger partial charge in [-0.15, -0.1) is 11.3 Å². The zero-order valence-electron chi connectivity index (χ0n) is 12.0. The van der Waals surface area contributed by atoms with Gasteiger partial charge in [-0.05, 0) is 26.9 Å². The number of thiazole rings is 1. The van der Waals surface area contributed by atoms with Crippen LogP contribution in [0, 0.1) is 0 Å². The number of carbonyl (C=O) groups is 1. The normalized spacial score (nSPS) is 22.7. The van der Waals surface area contributed by atoms with Gasteiger partial charge in [0.1, 0.15) is 0 Å². The van der Waals surface area contributed by atoms with Crippen molar-refractivity contribution < 1.29 is 9.90 Å². The van der Waals surface area contributed by atoms with E-state index in [4.69, 9.17) is 5.73 Å². The molecule has 112 valence electrons.